The summed E-state index contributed by atoms with van der Waals surface area (Å²) in [5, 5.41) is 8.83. The van der Waals surface area contributed by atoms with Gasteiger partial charge in [-0.3, -0.25) is 0 Å². The number of alkyl halides is 3. The quantitative estimate of drug-likeness (QED) is 0.678. The molecule has 0 aliphatic carbocycles. The first-order chi connectivity index (χ1) is 7.84. The number of nitrogens with two attached hydrogens (primary N) is 1. The lowest BCUT2D eigenvalue weighted by atomic mass is 10.2. The number of nitrogens with zero attached hydrogens (tertiary/aromatic N) is 1. The molecule has 0 heterocycles. The largest absolute Gasteiger partial charge is 0.405 e. The number of thioether (sulfide) groups is 1. The molecular formula is C10H8ClF3N2S. The van der Waals surface area contributed by atoms with Crippen molar-refractivity contribution in [2.24, 2.45) is 5.92 Å². The average Bonchev–Trinajstić information content (AvgIpc) is 2.19. The lowest BCUT2D eigenvalue weighted by Crippen LogP contribution is -2.23. The smallest absolute Gasteiger partial charge is 0.398 e. The molecular weight excluding hydrogens is 273 g/mol. The minimum Gasteiger partial charge on any atom is -0.398 e. The van der Waals surface area contributed by atoms with Gasteiger partial charge in [0.1, 0.15) is 0 Å². The minimum absolute atomic E-state index is 0.307. The van der Waals surface area contributed by atoms with Gasteiger partial charge in [0.05, 0.1) is 6.07 Å². The minimum atomic E-state index is -4.51. The van der Waals surface area contributed by atoms with Crippen molar-refractivity contribution in [3.63, 3.8) is 0 Å². The Labute approximate surface area is 106 Å². The highest BCUT2D eigenvalue weighted by molar-refractivity contribution is 7.99. The molecule has 2 N–H and O–H groups in total. The van der Waals surface area contributed by atoms with E-state index in [-0.39, 0.29) is 5.75 Å². The topological polar surface area (TPSA) is 49.8 Å². The van der Waals surface area contributed by atoms with E-state index in [0.29, 0.717) is 15.6 Å². The van der Waals surface area contributed by atoms with Crippen LogP contribution in [0.4, 0.5) is 18.9 Å². The molecule has 0 bridgehead atoms. The van der Waals surface area contributed by atoms with Crippen LogP contribution in [0.5, 0.6) is 0 Å². The average molecular weight is 281 g/mol. The first-order valence-electron chi connectivity index (χ1n) is 4.48. The predicted octanol–water partition coefficient (Wildman–Crippen LogP) is 3.72. The number of rotatable bonds is 3. The van der Waals surface area contributed by atoms with Gasteiger partial charge in [-0.25, -0.2) is 0 Å². The second-order valence-electron chi connectivity index (χ2n) is 3.22. The Morgan fingerprint density at radius 3 is 2.59 bits per heavy atom. The van der Waals surface area contributed by atoms with E-state index in [1.54, 1.807) is 0 Å². The molecule has 0 aliphatic rings. The first kappa shape index (κ1) is 14.0. The Kier molecular flexibility index (Phi) is 4.54. The van der Waals surface area contributed by atoms with Crippen LogP contribution in [0.2, 0.25) is 5.02 Å². The molecule has 0 saturated carbocycles. The van der Waals surface area contributed by atoms with E-state index in [2.05, 4.69) is 0 Å². The van der Waals surface area contributed by atoms with Crippen LogP contribution in [-0.2, 0) is 0 Å². The first-order valence-corrected chi connectivity index (χ1v) is 5.85. The van der Waals surface area contributed by atoms with Crippen molar-refractivity contribution in [2.75, 3.05) is 11.5 Å². The molecule has 0 radical (unpaired) electrons. The van der Waals surface area contributed by atoms with Gasteiger partial charge in [0, 0.05) is 21.4 Å². The summed E-state index contributed by atoms with van der Waals surface area (Å²) in [6.07, 6.45) is -4.51. The molecule has 0 saturated heterocycles. The van der Waals surface area contributed by atoms with E-state index in [1.807, 2.05) is 0 Å². The summed E-state index contributed by atoms with van der Waals surface area (Å²) in [5.41, 5.74) is 5.90. The van der Waals surface area contributed by atoms with Crippen molar-refractivity contribution in [1.29, 1.82) is 5.26 Å². The van der Waals surface area contributed by atoms with Gasteiger partial charge in [0.15, 0.2) is 5.92 Å². The van der Waals surface area contributed by atoms with Gasteiger partial charge in [-0.1, -0.05) is 11.6 Å². The summed E-state index contributed by atoms with van der Waals surface area (Å²) in [5.74, 6) is -2.38. The fourth-order valence-electron chi connectivity index (χ4n) is 1.03. The van der Waals surface area contributed by atoms with Crippen LogP contribution >= 0.6 is 23.4 Å². The summed E-state index contributed by atoms with van der Waals surface area (Å²) in [6, 6.07) is 5.76. The third-order valence-corrected chi connectivity index (χ3v) is 3.35. The van der Waals surface area contributed by atoms with Crippen molar-refractivity contribution < 1.29 is 13.2 Å². The molecule has 0 aromatic heterocycles. The van der Waals surface area contributed by atoms with Crippen molar-refractivity contribution in [2.45, 2.75) is 11.1 Å². The van der Waals surface area contributed by atoms with Crippen LogP contribution in [-0.4, -0.2) is 11.9 Å². The van der Waals surface area contributed by atoms with Gasteiger partial charge in [-0.05, 0) is 18.2 Å². The highest BCUT2D eigenvalue weighted by atomic mass is 35.5. The Morgan fingerprint density at radius 2 is 2.12 bits per heavy atom. The molecule has 0 aliphatic heterocycles. The van der Waals surface area contributed by atoms with Crippen molar-refractivity contribution in [3.05, 3.63) is 23.2 Å². The lowest BCUT2D eigenvalue weighted by molar-refractivity contribution is -0.152. The van der Waals surface area contributed by atoms with Gasteiger partial charge in [-0.15, -0.1) is 11.8 Å². The van der Waals surface area contributed by atoms with E-state index >= 15 is 0 Å². The van der Waals surface area contributed by atoms with Crippen LogP contribution < -0.4 is 5.73 Å². The molecule has 17 heavy (non-hydrogen) atoms. The molecule has 0 spiro atoms. The summed E-state index contributed by atoms with van der Waals surface area (Å²) in [4.78, 5) is 0.485. The Bertz CT molecular complexity index is 442. The van der Waals surface area contributed by atoms with Crippen LogP contribution in [0.25, 0.3) is 0 Å². The highest BCUT2D eigenvalue weighted by Gasteiger charge is 2.39. The van der Waals surface area contributed by atoms with Gasteiger partial charge in [-0.2, -0.15) is 18.4 Å². The summed E-state index contributed by atoms with van der Waals surface area (Å²) >= 11 is 6.55. The molecule has 92 valence electrons. The number of hydrogen-bond donors (Lipinski definition) is 1. The second kappa shape index (κ2) is 5.52. The number of nitriles is 1. The maximum Gasteiger partial charge on any atom is 0.405 e. The van der Waals surface area contributed by atoms with Gasteiger partial charge < -0.3 is 5.73 Å². The van der Waals surface area contributed by atoms with E-state index < -0.39 is 12.1 Å². The fraction of sp³-hybridized carbons (Fsp3) is 0.300. The fourth-order valence-corrected chi connectivity index (χ4v) is 2.21. The third kappa shape index (κ3) is 4.02. The molecule has 1 aromatic rings. The Hall–Kier alpha value is -1.06. The maximum atomic E-state index is 12.3. The van der Waals surface area contributed by atoms with Crippen molar-refractivity contribution in [1.82, 2.24) is 0 Å². The summed E-state index contributed by atoms with van der Waals surface area (Å²) in [6.45, 7) is 0. The molecule has 0 amide bonds. The number of halogens is 4. The molecule has 1 atom stereocenters. The molecule has 7 heteroatoms. The number of anilines is 1. The van der Waals surface area contributed by atoms with Crippen molar-refractivity contribution in [3.8, 4) is 6.07 Å². The Morgan fingerprint density at radius 1 is 1.47 bits per heavy atom. The SMILES string of the molecule is N#CC(CSc1ccc(Cl)cc1N)C(F)(F)F. The zero-order chi connectivity index (χ0) is 13.1. The van der Waals surface area contributed by atoms with E-state index in [1.165, 1.54) is 24.3 Å². The molecule has 1 unspecified atom stereocenters. The molecule has 1 aromatic carbocycles. The lowest BCUT2D eigenvalue weighted by Gasteiger charge is -2.13. The standard InChI is InChI=1S/C10H8ClF3N2S/c11-7-1-2-9(8(16)3-7)17-5-6(4-15)10(12,13)14/h1-3,6H,5,16H2. The van der Waals surface area contributed by atoms with Crippen LogP contribution in [0.1, 0.15) is 0 Å². The number of benzene rings is 1. The number of hydrogen-bond acceptors (Lipinski definition) is 3. The molecule has 0 fully saturated rings. The van der Waals surface area contributed by atoms with E-state index in [9.17, 15) is 13.2 Å². The molecule has 2 nitrogen and oxygen atoms in total. The van der Waals surface area contributed by atoms with Gasteiger partial charge in [0.25, 0.3) is 0 Å². The van der Waals surface area contributed by atoms with Crippen LogP contribution in [0, 0.1) is 17.2 Å². The maximum absolute atomic E-state index is 12.3. The van der Waals surface area contributed by atoms with E-state index in [4.69, 9.17) is 22.6 Å². The monoisotopic (exact) mass is 280 g/mol. The summed E-state index contributed by atoms with van der Waals surface area (Å²) < 4.78 is 36.9. The second-order valence-corrected chi connectivity index (χ2v) is 4.71. The van der Waals surface area contributed by atoms with Gasteiger partial charge >= 0.3 is 6.18 Å². The number of nitrogen functional groups attached to an aromatic ring is 1. The Balaban J connectivity index is 2.71. The predicted molar refractivity (Wildman–Crippen MR) is 61.7 cm³/mol. The normalized spacial score (nSPS) is 13.1. The van der Waals surface area contributed by atoms with Crippen LogP contribution in [0.3, 0.4) is 0 Å². The van der Waals surface area contributed by atoms with E-state index in [0.717, 1.165) is 11.8 Å². The van der Waals surface area contributed by atoms with Gasteiger partial charge in [0.2, 0.25) is 0 Å². The van der Waals surface area contributed by atoms with Crippen molar-refractivity contribution >= 4 is 29.1 Å². The van der Waals surface area contributed by atoms with Crippen LogP contribution in [0.15, 0.2) is 23.1 Å². The zero-order valence-electron chi connectivity index (χ0n) is 8.46. The third-order valence-electron chi connectivity index (χ3n) is 1.93. The zero-order valence-corrected chi connectivity index (χ0v) is 10.0. The highest BCUT2D eigenvalue weighted by Crippen LogP contribution is 2.34. The molecule has 1 rings (SSSR count). The summed E-state index contributed by atoms with van der Waals surface area (Å²) in [7, 11) is 0.